The molecule has 0 unspecified atom stereocenters. The molecule has 0 atom stereocenters. The first-order valence-electron chi connectivity index (χ1n) is 6.65. The van der Waals surface area contributed by atoms with Crippen LogP contribution in [0, 0.1) is 0 Å². The Labute approximate surface area is 147 Å². The number of halogens is 3. The lowest BCUT2D eigenvalue weighted by Crippen LogP contribution is -1.97. The van der Waals surface area contributed by atoms with Crippen LogP contribution in [0.3, 0.4) is 0 Å². The number of benzene rings is 2. The predicted molar refractivity (Wildman–Crippen MR) is 95.6 cm³/mol. The summed E-state index contributed by atoms with van der Waals surface area (Å²) in [7, 11) is 0. The minimum atomic E-state index is 0.578. The molecule has 0 spiro atoms. The average Bonchev–Trinajstić information content (AvgIpc) is 2.95. The molecule has 0 radical (unpaired) electrons. The van der Waals surface area contributed by atoms with Crippen molar-refractivity contribution in [1.82, 2.24) is 0 Å². The summed E-state index contributed by atoms with van der Waals surface area (Å²) in [5, 5.41) is 4.49. The van der Waals surface area contributed by atoms with Gasteiger partial charge in [-0.15, -0.1) is 0 Å². The number of nitrogens with one attached hydrogen (secondary N) is 1. The third kappa shape index (κ3) is 3.67. The summed E-state index contributed by atoms with van der Waals surface area (Å²) in [6, 6.07) is 17.2. The Kier molecular flexibility index (Phi) is 4.77. The van der Waals surface area contributed by atoms with Crippen LogP contribution in [0.2, 0.25) is 10.0 Å². The van der Waals surface area contributed by atoms with E-state index in [4.69, 9.17) is 27.6 Å². The highest BCUT2D eigenvalue weighted by atomic mass is 79.9. The van der Waals surface area contributed by atoms with E-state index >= 15 is 0 Å². The van der Waals surface area contributed by atoms with Crippen molar-refractivity contribution >= 4 is 44.8 Å². The highest BCUT2D eigenvalue weighted by Gasteiger charge is 2.09. The van der Waals surface area contributed by atoms with Crippen LogP contribution in [0.25, 0.3) is 11.3 Å². The van der Waals surface area contributed by atoms with Gasteiger partial charge in [-0.3, -0.25) is 0 Å². The van der Waals surface area contributed by atoms with E-state index in [-0.39, 0.29) is 0 Å². The number of anilines is 1. The van der Waals surface area contributed by atoms with Crippen LogP contribution in [0.1, 0.15) is 5.76 Å². The second-order valence-corrected chi connectivity index (χ2v) is 6.51. The van der Waals surface area contributed by atoms with Crippen molar-refractivity contribution in [3.63, 3.8) is 0 Å². The van der Waals surface area contributed by atoms with Crippen LogP contribution in [-0.4, -0.2) is 0 Å². The summed E-state index contributed by atoms with van der Waals surface area (Å²) in [6.07, 6.45) is 0. The van der Waals surface area contributed by atoms with Crippen LogP contribution in [0.15, 0.2) is 63.5 Å². The first-order chi connectivity index (χ1) is 10.6. The molecule has 0 aliphatic carbocycles. The molecule has 112 valence electrons. The Morgan fingerprint density at radius 2 is 1.73 bits per heavy atom. The lowest BCUT2D eigenvalue weighted by atomic mass is 10.2. The van der Waals surface area contributed by atoms with Crippen LogP contribution in [0.5, 0.6) is 0 Å². The van der Waals surface area contributed by atoms with Gasteiger partial charge in [0.15, 0.2) is 0 Å². The fourth-order valence-corrected chi connectivity index (χ4v) is 2.83. The zero-order chi connectivity index (χ0) is 15.5. The molecule has 0 saturated carbocycles. The van der Waals surface area contributed by atoms with Gasteiger partial charge in [0.1, 0.15) is 11.5 Å². The zero-order valence-electron chi connectivity index (χ0n) is 11.4. The van der Waals surface area contributed by atoms with Crippen molar-refractivity contribution in [2.24, 2.45) is 0 Å². The molecule has 2 nitrogen and oxygen atoms in total. The topological polar surface area (TPSA) is 25.2 Å². The van der Waals surface area contributed by atoms with E-state index in [1.54, 1.807) is 12.1 Å². The molecule has 0 fully saturated rings. The second-order valence-electron chi connectivity index (χ2n) is 4.75. The molecular weight excluding hydrogens is 385 g/mol. The van der Waals surface area contributed by atoms with E-state index in [0.29, 0.717) is 16.6 Å². The molecule has 0 saturated heterocycles. The molecule has 0 aliphatic rings. The minimum absolute atomic E-state index is 0.578. The number of furan rings is 1. The summed E-state index contributed by atoms with van der Waals surface area (Å²) in [4.78, 5) is 0. The van der Waals surface area contributed by atoms with Crippen molar-refractivity contribution in [3.05, 3.63) is 74.9 Å². The monoisotopic (exact) mass is 395 g/mol. The number of hydrogen-bond acceptors (Lipinski definition) is 2. The van der Waals surface area contributed by atoms with E-state index < -0.39 is 0 Å². The lowest BCUT2D eigenvalue weighted by Gasteiger charge is -2.05. The van der Waals surface area contributed by atoms with Gasteiger partial charge < -0.3 is 9.73 Å². The standard InChI is InChI=1S/C17H12BrCl2NO/c18-11-1-4-13(5-2-11)21-10-14-6-8-17(22-14)15-7-3-12(19)9-16(15)20/h1-9,21H,10H2. The van der Waals surface area contributed by atoms with Crippen molar-refractivity contribution in [1.29, 1.82) is 0 Å². The summed E-state index contributed by atoms with van der Waals surface area (Å²) >= 11 is 15.5. The van der Waals surface area contributed by atoms with Gasteiger partial charge in [-0.2, -0.15) is 0 Å². The quantitative estimate of drug-likeness (QED) is 0.535. The van der Waals surface area contributed by atoms with Gasteiger partial charge in [-0.25, -0.2) is 0 Å². The summed E-state index contributed by atoms with van der Waals surface area (Å²) in [5.41, 5.74) is 1.87. The summed E-state index contributed by atoms with van der Waals surface area (Å²) < 4.78 is 6.89. The van der Waals surface area contributed by atoms with E-state index in [1.165, 1.54) is 0 Å². The van der Waals surface area contributed by atoms with Crippen molar-refractivity contribution in [2.75, 3.05) is 5.32 Å². The molecule has 22 heavy (non-hydrogen) atoms. The maximum Gasteiger partial charge on any atom is 0.135 e. The molecule has 2 aromatic carbocycles. The Morgan fingerprint density at radius 1 is 0.955 bits per heavy atom. The van der Waals surface area contributed by atoms with E-state index in [2.05, 4.69) is 21.2 Å². The molecule has 3 aromatic rings. The highest BCUT2D eigenvalue weighted by Crippen LogP contribution is 2.31. The van der Waals surface area contributed by atoms with Crippen LogP contribution >= 0.6 is 39.1 Å². The smallest absolute Gasteiger partial charge is 0.135 e. The molecule has 1 aromatic heterocycles. The molecular formula is C17H12BrCl2NO. The average molecular weight is 397 g/mol. The Bertz CT molecular complexity index is 784. The van der Waals surface area contributed by atoms with Gasteiger partial charge in [0.05, 0.1) is 11.6 Å². The van der Waals surface area contributed by atoms with Gasteiger partial charge in [0, 0.05) is 20.7 Å². The molecule has 5 heteroatoms. The third-order valence-corrected chi connectivity index (χ3v) is 4.25. The maximum atomic E-state index is 6.20. The van der Waals surface area contributed by atoms with Crippen molar-refractivity contribution in [3.8, 4) is 11.3 Å². The fraction of sp³-hybridized carbons (Fsp3) is 0.0588. The Hall–Kier alpha value is -1.42. The van der Waals surface area contributed by atoms with Crippen LogP contribution in [-0.2, 0) is 6.54 Å². The molecule has 0 bridgehead atoms. The van der Waals surface area contributed by atoms with Gasteiger partial charge in [0.2, 0.25) is 0 Å². The van der Waals surface area contributed by atoms with E-state index in [1.807, 2.05) is 42.5 Å². The molecule has 3 rings (SSSR count). The van der Waals surface area contributed by atoms with Gasteiger partial charge >= 0.3 is 0 Å². The third-order valence-electron chi connectivity index (χ3n) is 3.17. The van der Waals surface area contributed by atoms with Gasteiger partial charge in [-0.05, 0) is 54.6 Å². The fourth-order valence-electron chi connectivity index (χ4n) is 2.06. The normalized spacial score (nSPS) is 10.7. The van der Waals surface area contributed by atoms with Crippen molar-refractivity contribution in [2.45, 2.75) is 6.54 Å². The molecule has 0 aliphatic heterocycles. The van der Waals surface area contributed by atoms with Gasteiger partial charge in [0.25, 0.3) is 0 Å². The maximum absolute atomic E-state index is 6.20. The zero-order valence-corrected chi connectivity index (χ0v) is 14.5. The van der Waals surface area contributed by atoms with E-state index in [9.17, 15) is 0 Å². The first kappa shape index (κ1) is 15.5. The molecule has 0 amide bonds. The lowest BCUT2D eigenvalue weighted by molar-refractivity contribution is 0.531. The highest BCUT2D eigenvalue weighted by molar-refractivity contribution is 9.10. The summed E-state index contributed by atoms with van der Waals surface area (Å²) in [6.45, 7) is 0.604. The largest absolute Gasteiger partial charge is 0.459 e. The van der Waals surface area contributed by atoms with Crippen LogP contribution in [0.4, 0.5) is 5.69 Å². The van der Waals surface area contributed by atoms with Crippen molar-refractivity contribution < 1.29 is 4.42 Å². The van der Waals surface area contributed by atoms with E-state index in [0.717, 1.165) is 27.2 Å². The number of rotatable bonds is 4. The molecule has 1 heterocycles. The first-order valence-corrected chi connectivity index (χ1v) is 8.20. The van der Waals surface area contributed by atoms with Crippen LogP contribution < -0.4 is 5.32 Å². The molecule has 1 N–H and O–H groups in total. The Morgan fingerprint density at radius 3 is 2.45 bits per heavy atom. The predicted octanol–water partition coefficient (Wildman–Crippen LogP) is 6.63. The summed E-state index contributed by atoms with van der Waals surface area (Å²) in [5.74, 6) is 1.57. The number of hydrogen-bond donors (Lipinski definition) is 1. The SMILES string of the molecule is Clc1ccc(-c2ccc(CNc3ccc(Br)cc3)o2)c(Cl)c1. The second kappa shape index (κ2) is 6.78. The van der Waals surface area contributed by atoms with Gasteiger partial charge in [-0.1, -0.05) is 39.1 Å². The minimum Gasteiger partial charge on any atom is -0.459 e. The Balaban J connectivity index is 1.72.